The molecule has 4 heteroatoms. The van der Waals surface area contributed by atoms with Crippen LogP contribution in [-0.4, -0.2) is 23.9 Å². The first-order valence-corrected chi connectivity index (χ1v) is 8.46. The number of nitrogens with zero attached hydrogens (tertiary/aromatic N) is 1. The lowest BCUT2D eigenvalue weighted by molar-refractivity contribution is 0.0951. The molecule has 0 radical (unpaired) electrons. The number of hydrogen-bond donors (Lipinski definition) is 1. The molecule has 1 fully saturated rings. The molecular weight excluding hydrogens is 300 g/mol. The molecule has 1 aliphatic carbocycles. The summed E-state index contributed by atoms with van der Waals surface area (Å²) >= 11 is 0. The van der Waals surface area contributed by atoms with Crippen molar-refractivity contribution in [1.82, 2.24) is 5.32 Å². The third kappa shape index (κ3) is 2.68. The lowest BCUT2D eigenvalue weighted by Crippen LogP contribution is -2.36. The molecular formula is C20H20N2O2. The van der Waals surface area contributed by atoms with Crippen LogP contribution in [0.4, 0.5) is 5.69 Å². The van der Waals surface area contributed by atoms with Gasteiger partial charge < -0.3 is 10.2 Å². The minimum atomic E-state index is -0.0954. The van der Waals surface area contributed by atoms with Gasteiger partial charge in [0.15, 0.2) is 0 Å². The zero-order valence-electron chi connectivity index (χ0n) is 13.7. The second kappa shape index (κ2) is 5.78. The highest BCUT2D eigenvalue weighted by molar-refractivity contribution is 6.09. The highest BCUT2D eigenvalue weighted by Gasteiger charge is 2.31. The fraction of sp³-hybridized carbons (Fsp3) is 0.300. The van der Waals surface area contributed by atoms with Crippen LogP contribution in [-0.2, 0) is 6.42 Å². The van der Waals surface area contributed by atoms with Crippen molar-refractivity contribution in [2.75, 3.05) is 4.90 Å². The number of anilines is 1. The summed E-state index contributed by atoms with van der Waals surface area (Å²) in [6, 6.07) is 15.5. The Labute approximate surface area is 141 Å². The summed E-state index contributed by atoms with van der Waals surface area (Å²) in [5.74, 6) is -0.143. The molecule has 2 amide bonds. The molecule has 1 atom stereocenters. The number of carbonyl (C=O) groups excluding carboxylic acids is 2. The summed E-state index contributed by atoms with van der Waals surface area (Å²) in [5.41, 5.74) is 3.28. The first-order valence-electron chi connectivity index (χ1n) is 8.46. The van der Waals surface area contributed by atoms with Gasteiger partial charge in [-0.2, -0.15) is 0 Å². The molecule has 4 rings (SSSR count). The molecule has 1 heterocycles. The van der Waals surface area contributed by atoms with Gasteiger partial charge in [0.05, 0.1) is 0 Å². The van der Waals surface area contributed by atoms with E-state index in [2.05, 4.69) is 18.3 Å². The third-order valence-electron chi connectivity index (χ3n) is 4.71. The summed E-state index contributed by atoms with van der Waals surface area (Å²) in [4.78, 5) is 27.1. The second-order valence-electron chi connectivity index (χ2n) is 6.69. The van der Waals surface area contributed by atoms with Gasteiger partial charge in [0.25, 0.3) is 11.8 Å². The van der Waals surface area contributed by atoms with Crippen LogP contribution in [0.3, 0.4) is 0 Å². The zero-order chi connectivity index (χ0) is 16.7. The van der Waals surface area contributed by atoms with Gasteiger partial charge in [-0.25, -0.2) is 0 Å². The Morgan fingerprint density at radius 3 is 2.58 bits per heavy atom. The van der Waals surface area contributed by atoms with E-state index in [1.165, 1.54) is 5.56 Å². The van der Waals surface area contributed by atoms with Crippen molar-refractivity contribution in [2.24, 2.45) is 0 Å². The predicted molar refractivity (Wildman–Crippen MR) is 93.3 cm³/mol. The number of fused-ring (bicyclic) bond motifs is 1. The quantitative estimate of drug-likeness (QED) is 0.944. The Hall–Kier alpha value is -2.62. The van der Waals surface area contributed by atoms with E-state index in [0.29, 0.717) is 17.2 Å². The van der Waals surface area contributed by atoms with Gasteiger partial charge >= 0.3 is 0 Å². The lowest BCUT2D eigenvalue weighted by Gasteiger charge is -2.23. The van der Waals surface area contributed by atoms with E-state index in [-0.39, 0.29) is 17.9 Å². The van der Waals surface area contributed by atoms with Crippen molar-refractivity contribution >= 4 is 17.5 Å². The number of rotatable bonds is 3. The van der Waals surface area contributed by atoms with Crippen LogP contribution in [0.1, 0.15) is 46.0 Å². The number of benzene rings is 2. The maximum atomic E-state index is 13.0. The maximum Gasteiger partial charge on any atom is 0.258 e. The highest BCUT2D eigenvalue weighted by atomic mass is 16.2. The second-order valence-corrected chi connectivity index (χ2v) is 6.69. The van der Waals surface area contributed by atoms with Crippen LogP contribution < -0.4 is 10.2 Å². The topological polar surface area (TPSA) is 49.4 Å². The van der Waals surface area contributed by atoms with E-state index in [1.807, 2.05) is 23.1 Å². The monoisotopic (exact) mass is 320 g/mol. The molecule has 24 heavy (non-hydrogen) atoms. The van der Waals surface area contributed by atoms with Crippen LogP contribution in [0.25, 0.3) is 0 Å². The molecule has 0 spiro atoms. The lowest BCUT2D eigenvalue weighted by atomic mass is 10.1. The number of nitrogens with one attached hydrogen (secondary N) is 1. The summed E-state index contributed by atoms with van der Waals surface area (Å²) < 4.78 is 0. The first-order chi connectivity index (χ1) is 11.6. The Morgan fingerprint density at radius 1 is 1.04 bits per heavy atom. The molecule has 1 unspecified atom stereocenters. The van der Waals surface area contributed by atoms with Gasteiger partial charge in [-0.15, -0.1) is 0 Å². The molecule has 1 N–H and O–H groups in total. The van der Waals surface area contributed by atoms with Gasteiger partial charge in [0, 0.05) is 28.9 Å². The minimum absolute atomic E-state index is 0.0477. The van der Waals surface area contributed by atoms with Crippen molar-refractivity contribution in [1.29, 1.82) is 0 Å². The van der Waals surface area contributed by atoms with E-state index >= 15 is 0 Å². The van der Waals surface area contributed by atoms with E-state index < -0.39 is 0 Å². The van der Waals surface area contributed by atoms with Crippen LogP contribution in [0.5, 0.6) is 0 Å². The number of carbonyl (C=O) groups is 2. The Balaban J connectivity index is 1.61. The molecule has 2 aliphatic rings. The third-order valence-corrected chi connectivity index (χ3v) is 4.71. The molecule has 0 bridgehead atoms. The molecule has 122 valence electrons. The molecule has 0 aromatic heterocycles. The van der Waals surface area contributed by atoms with Crippen LogP contribution >= 0.6 is 0 Å². The van der Waals surface area contributed by atoms with E-state index in [4.69, 9.17) is 0 Å². The molecule has 2 aromatic rings. The largest absolute Gasteiger partial charge is 0.349 e. The van der Waals surface area contributed by atoms with Crippen LogP contribution in [0.2, 0.25) is 0 Å². The van der Waals surface area contributed by atoms with Crippen molar-refractivity contribution in [3.63, 3.8) is 0 Å². The molecule has 1 saturated carbocycles. The number of hydrogen-bond acceptors (Lipinski definition) is 2. The van der Waals surface area contributed by atoms with E-state index in [1.54, 1.807) is 24.3 Å². The highest BCUT2D eigenvalue weighted by Crippen LogP contribution is 2.33. The fourth-order valence-electron chi connectivity index (χ4n) is 3.30. The Bertz CT molecular complexity index is 811. The first kappa shape index (κ1) is 14.9. The van der Waals surface area contributed by atoms with Gasteiger partial charge in [-0.3, -0.25) is 9.59 Å². The van der Waals surface area contributed by atoms with Crippen molar-refractivity contribution in [2.45, 2.75) is 38.3 Å². The van der Waals surface area contributed by atoms with Crippen LogP contribution in [0.15, 0.2) is 48.5 Å². The smallest absolute Gasteiger partial charge is 0.258 e. The van der Waals surface area contributed by atoms with Crippen LogP contribution in [0, 0.1) is 0 Å². The number of para-hydroxylation sites is 1. The van der Waals surface area contributed by atoms with Gasteiger partial charge in [0.2, 0.25) is 0 Å². The molecule has 2 aromatic carbocycles. The van der Waals surface area contributed by atoms with E-state index in [0.717, 1.165) is 24.9 Å². The standard InChI is InChI=1S/C20H20N2O2/c1-13-11-14-5-2-3-8-18(14)22(13)20(24)16-7-4-6-15(12-16)19(23)21-17-9-10-17/h2-8,12-13,17H,9-11H2,1H3,(H,21,23). The van der Waals surface area contributed by atoms with Crippen molar-refractivity contribution < 1.29 is 9.59 Å². The Morgan fingerprint density at radius 2 is 1.79 bits per heavy atom. The van der Waals surface area contributed by atoms with E-state index in [9.17, 15) is 9.59 Å². The summed E-state index contributed by atoms with van der Waals surface area (Å²) in [7, 11) is 0. The number of amides is 2. The van der Waals surface area contributed by atoms with Crippen molar-refractivity contribution in [3.8, 4) is 0 Å². The van der Waals surface area contributed by atoms with Gasteiger partial charge in [-0.1, -0.05) is 24.3 Å². The minimum Gasteiger partial charge on any atom is -0.349 e. The summed E-state index contributed by atoms with van der Waals surface area (Å²) in [6.07, 6.45) is 2.96. The van der Waals surface area contributed by atoms with Crippen molar-refractivity contribution in [3.05, 3.63) is 65.2 Å². The summed E-state index contributed by atoms with van der Waals surface area (Å²) in [5, 5.41) is 2.97. The molecule has 0 saturated heterocycles. The normalized spacial score (nSPS) is 19.0. The average molecular weight is 320 g/mol. The average Bonchev–Trinajstić information content (AvgIpc) is 3.34. The predicted octanol–water partition coefficient (Wildman–Crippen LogP) is 3.17. The molecule has 4 nitrogen and oxygen atoms in total. The fourth-order valence-corrected chi connectivity index (χ4v) is 3.30. The zero-order valence-corrected chi connectivity index (χ0v) is 13.7. The van der Waals surface area contributed by atoms with Gasteiger partial charge in [-0.05, 0) is 56.0 Å². The Kier molecular flexibility index (Phi) is 3.60. The molecule has 1 aliphatic heterocycles. The maximum absolute atomic E-state index is 13.0. The van der Waals surface area contributed by atoms with Gasteiger partial charge in [0.1, 0.15) is 0 Å². The SMILES string of the molecule is CC1Cc2ccccc2N1C(=O)c1cccc(C(=O)NC2CC2)c1. The summed E-state index contributed by atoms with van der Waals surface area (Å²) in [6.45, 7) is 2.06.